The summed E-state index contributed by atoms with van der Waals surface area (Å²) in [6.45, 7) is 1.85. The van der Waals surface area contributed by atoms with Crippen LogP contribution in [-0.2, 0) is 22.6 Å². The average Bonchev–Trinajstić information content (AvgIpc) is 2.64. The summed E-state index contributed by atoms with van der Waals surface area (Å²) in [7, 11) is -1.69. The molecule has 22 heavy (non-hydrogen) atoms. The van der Waals surface area contributed by atoms with Crippen LogP contribution >= 0.6 is 0 Å². The molecule has 0 radical (unpaired) electrons. The number of benzene rings is 1. The first kappa shape index (κ1) is 17.2. The molecule has 0 aromatic heterocycles. The predicted octanol–water partition coefficient (Wildman–Crippen LogP) is 1.60. The van der Waals surface area contributed by atoms with E-state index < -0.39 is 33.7 Å². The van der Waals surface area contributed by atoms with Crippen molar-refractivity contribution in [3.8, 4) is 0 Å². The lowest BCUT2D eigenvalue weighted by atomic mass is 10.0. The van der Waals surface area contributed by atoms with Crippen molar-refractivity contribution in [1.82, 2.24) is 4.90 Å². The van der Waals surface area contributed by atoms with E-state index in [0.29, 0.717) is 11.1 Å². The van der Waals surface area contributed by atoms with E-state index in [4.69, 9.17) is 0 Å². The fourth-order valence-electron chi connectivity index (χ4n) is 2.64. The Labute approximate surface area is 127 Å². The third-order valence-corrected chi connectivity index (χ3v) is 5.65. The molecule has 0 aliphatic carbocycles. The molecule has 1 saturated heterocycles. The molecule has 1 fully saturated rings. The molecule has 8 heteroatoms. The number of rotatable bonds is 3. The molecule has 2 rings (SSSR count). The van der Waals surface area contributed by atoms with Crippen molar-refractivity contribution in [3.63, 3.8) is 0 Å². The number of aryl methyl sites for hydroxylation is 1. The van der Waals surface area contributed by atoms with E-state index >= 15 is 0 Å². The molecule has 1 N–H and O–H groups in total. The summed E-state index contributed by atoms with van der Waals surface area (Å²) in [5.74, 6) is -0.480. The van der Waals surface area contributed by atoms with Gasteiger partial charge in [-0.15, -0.1) is 0 Å². The molecule has 0 bridgehead atoms. The van der Waals surface area contributed by atoms with Crippen molar-refractivity contribution in [2.75, 3.05) is 18.6 Å². The Morgan fingerprint density at radius 2 is 1.95 bits per heavy atom. The Hall–Kier alpha value is -1.12. The highest BCUT2D eigenvalue weighted by molar-refractivity contribution is 7.91. The van der Waals surface area contributed by atoms with Crippen LogP contribution in [-0.4, -0.2) is 49.1 Å². The standard InChI is InChI=1S/C14H18F3NO3S/c1-9-3-4-11(14(15,16)17)5-10(9)6-18(2)12-7-22(20,21)8-13(12)19/h3-5,12-13,19H,6-8H2,1-2H3. The molecule has 2 unspecified atom stereocenters. The monoisotopic (exact) mass is 337 g/mol. The van der Waals surface area contributed by atoms with Crippen LogP contribution in [0.15, 0.2) is 18.2 Å². The van der Waals surface area contributed by atoms with Crippen molar-refractivity contribution < 1.29 is 26.7 Å². The van der Waals surface area contributed by atoms with E-state index in [1.54, 1.807) is 18.9 Å². The molecule has 1 aromatic carbocycles. The Morgan fingerprint density at radius 1 is 1.32 bits per heavy atom. The number of hydrogen-bond acceptors (Lipinski definition) is 4. The van der Waals surface area contributed by atoms with Crippen LogP contribution in [0, 0.1) is 6.92 Å². The zero-order valence-corrected chi connectivity index (χ0v) is 13.1. The van der Waals surface area contributed by atoms with Crippen molar-refractivity contribution in [3.05, 3.63) is 34.9 Å². The van der Waals surface area contributed by atoms with Gasteiger partial charge in [0.05, 0.1) is 29.2 Å². The SMILES string of the molecule is Cc1ccc(C(F)(F)F)cc1CN(C)C1CS(=O)(=O)CC1O. The molecular weight excluding hydrogens is 319 g/mol. The molecule has 1 heterocycles. The van der Waals surface area contributed by atoms with Crippen LogP contribution in [0.2, 0.25) is 0 Å². The van der Waals surface area contributed by atoms with Crippen LogP contribution in [0.1, 0.15) is 16.7 Å². The van der Waals surface area contributed by atoms with Gasteiger partial charge in [0.15, 0.2) is 9.84 Å². The van der Waals surface area contributed by atoms with E-state index in [9.17, 15) is 26.7 Å². The average molecular weight is 337 g/mol. The van der Waals surface area contributed by atoms with Gasteiger partial charge in [0.2, 0.25) is 0 Å². The van der Waals surface area contributed by atoms with Gasteiger partial charge in [-0.3, -0.25) is 4.90 Å². The summed E-state index contributed by atoms with van der Waals surface area (Å²) < 4.78 is 61.4. The number of halogens is 3. The molecule has 1 aromatic rings. The lowest BCUT2D eigenvalue weighted by Crippen LogP contribution is -2.40. The van der Waals surface area contributed by atoms with E-state index in [1.807, 2.05) is 0 Å². The minimum Gasteiger partial charge on any atom is -0.390 e. The highest BCUT2D eigenvalue weighted by Gasteiger charge is 2.39. The Balaban J connectivity index is 2.20. The van der Waals surface area contributed by atoms with Crippen molar-refractivity contribution in [2.24, 2.45) is 0 Å². The van der Waals surface area contributed by atoms with Gasteiger partial charge in [-0.05, 0) is 37.2 Å². The number of aliphatic hydroxyl groups is 1. The summed E-state index contributed by atoms with van der Waals surface area (Å²) in [5, 5.41) is 9.83. The second kappa shape index (κ2) is 5.82. The van der Waals surface area contributed by atoms with Gasteiger partial charge in [0.25, 0.3) is 0 Å². The summed E-state index contributed by atoms with van der Waals surface area (Å²) in [6, 6.07) is 2.89. The van der Waals surface area contributed by atoms with Gasteiger partial charge in [-0.2, -0.15) is 13.2 Å². The maximum Gasteiger partial charge on any atom is 0.416 e. The maximum atomic E-state index is 12.8. The summed E-state index contributed by atoms with van der Waals surface area (Å²) in [5.41, 5.74) is 0.421. The Morgan fingerprint density at radius 3 is 2.45 bits per heavy atom. The highest BCUT2D eigenvalue weighted by Crippen LogP contribution is 2.31. The number of sulfone groups is 1. The second-order valence-corrected chi connectivity index (χ2v) is 7.92. The zero-order chi connectivity index (χ0) is 16.7. The normalized spacial score (nSPS) is 24.9. The van der Waals surface area contributed by atoms with Crippen LogP contribution in [0.4, 0.5) is 13.2 Å². The van der Waals surface area contributed by atoms with E-state index in [1.165, 1.54) is 6.07 Å². The predicted molar refractivity (Wildman–Crippen MR) is 76.1 cm³/mol. The Kier molecular flexibility index (Phi) is 4.56. The molecule has 2 atom stereocenters. The molecule has 1 aliphatic rings. The van der Waals surface area contributed by atoms with Gasteiger partial charge >= 0.3 is 6.18 Å². The van der Waals surface area contributed by atoms with Crippen LogP contribution in [0.5, 0.6) is 0 Å². The quantitative estimate of drug-likeness (QED) is 0.910. The van der Waals surface area contributed by atoms with Gasteiger partial charge < -0.3 is 5.11 Å². The van der Waals surface area contributed by atoms with Crippen LogP contribution in [0.3, 0.4) is 0 Å². The minimum atomic E-state index is -4.42. The number of nitrogens with zero attached hydrogens (tertiary/aromatic N) is 1. The molecule has 0 saturated carbocycles. The number of aliphatic hydroxyl groups excluding tert-OH is 1. The van der Waals surface area contributed by atoms with Crippen molar-refractivity contribution in [1.29, 1.82) is 0 Å². The number of likely N-dealkylation sites (N-methyl/N-ethyl adjacent to an activating group) is 1. The molecular formula is C14H18F3NO3S. The largest absolute Gasteiger partial charge is 0.416 e. The first-order valence-electron chi connectivity index (χ1n) is 6.75. The first-order valence-corrected chi connectivity index (χ1v) is 8.57. The third-order valence-electron chi connectivity index (χ3n) is 3.96. The topological polar surface area (TPSA) is 57.6 Å². The lowest BCUT2D eigenvalue weighted by molar-refractivity contribution is -0.137. The maximum absolute atomic E-state index is 12.8. The minimum absolute atomic E-state index is 0.146. The van der Waals surface area contributed by atoms with Gasteiger partial charge in [-0.25, -0.2) is 8.42 Å². The molecule has 0 spiro atoms. The Bertz CT molecular complexity index is 658. The summed E-state index contributed by atoms with van der Waals surface area (Å²) >= 11 is 0. The number of hydrogen-bond donors (Lipinski definition) is 1. The third kappa shape index (κ3) is 3.80. The summed E-state index contributed by atoms with van der Waals surface area (Å²) in [4.78, 5) is 1.59. The number of alkyl halides is 3. The fraction of sp³-hybridized carbons (Fsp3) is 0.571. The van der Waals surface area contributed by atoms with Gasteiger partial charge in [0.1, 0.15) is 0 Å². The molecule has 124 valence electrons. The van der Waals surface area contributed by atoms with Gasteiger partial charge in [-0.1, -0.05) is 6.07 Å². The van der Waals surface area contributed by atoms with E-state index in [-0.39, 0.29) is 18.1 Å². The van der Waals surface area contributed by atoms with E-state index in [2.05, 4.69) is 0 Å². The molecule has 4 nitrogen and oxygen atoms in total. The van der Waals surface area contributed by atoms with Crippen LogP contribution in [0.25, 0.3) is 0 Å². The lowest BCUT2D eigenvalue weighted by Gasteiger charge is -2.26. The zero-order valence-electron chi connectivity index (χ0n) is 12.3. The van der Waals surface area contributed by atoms with Crippen molar-refractivity contribution in [2.45, 2.75) is 31.8 Å². The van der Waals surface area contributed by atoms with Crippen LogP contribution < -0.4 is 0 Å². The highest BCUT2D eigenvalue weighted by atomic mass is 32.2. The van der Waals surface area contributed by atoms with Gasteiger partial charge in [0, 0.05) is 6.54 Å². The molecule has 1 aliphatic heterocycles. The summed E-state index contributed by atoms with van der Waals surface area (Å²) in [6.07, 6.45) is -5.43. The fourth-order valence-corrected chi connectivity index (χ4v) is 4.51. The second-order valence-electron chi connectivity index (χ2n) is 5.77. The van der Waals surface area contributed by atoms with Crippen molar-refractivity contribution >= 4 is 9.84 Å². The smallest absolute Gasteiger partial charge is 0.390 e. The van der Waals surface area contributed by atoms with E-state index in [0.717, 1.165) is 12.1 Å². The first-order chi connectivity index (χ1) is 9.99. The molecule has 0 amide bonds.